The van der Waals surface area contributed by atoms with E-state index in [9.17, 15) is 9.90 Å². The van der Waals surface area contributed by atoms with Crippen LogP contribution in [0.3, 0.4) is 0 Å². The molecule has 0 radical (unpaired) electrons. The number of carbonyl (C=O) groups is 1. The Bertz CT molecular complexity index is 714. The Morgan fingerprint density at radius 2 is 1.90 bits per heavy atom. The second-order valence-electron chi connectivity index (χ2n) is 8.81. The first kappa shape index (κ1) is 22.0. The second-order valence-corrected chi connectivity index (χ2v) is 8.81. The molecule has 0 aliphatic carbocycles. The molecule has 1 aromatic rings. The Hall–Kier alpha value is -1.75. The van der Waals surface area contributed by atoms with Gasteiger partial charge in [0.15, 0.2) is 6.10 Å². The van der Waals surface area contributed by atoms with Gasteiger partial charge < -0.3 is 29.3 Å². The third-order valence-corrected chi connectivity index (χ3v) is 6.13. The average molecular weight is 406 g/mol. The summed E-state index contributed by atoms with van der Waals surface area (Å²) in [5.41, 5.74) is -0.0975. The van der Waals surface area contributed by atoms with E-state index in [0.717, 1.165) is 18.3 Å². The lowest BCUT2D eigenvalue weighted by molar-refractivity contribution is -0.142. The van der Waals surface area contributed by atoms with Gasteiger partial charge in [-0.05, 0) is 40.5 Å². The molecule has 2 saturated heterocycles. The molecule has 2 N–H and O–H groups in total. The summed E-state index contributed by atoms with van der Waals surface area (Å²) in [6.45, 7) is 8.55. The van der Waals surface area contributed by atoms with Gasteiger partial charge in [0.25, 0.3) is 5.91 Å². The van der Waals surface area contributed by atoms with Gasteiger partial charge in [-0.1, -0.05) is 0 Å². The number of aromatic nitrogens is 2. The fourth-order valence-corrected chi connectivity index (χ4v) is 3.61. The van der Waals surface area contributed by atoms with Crippen LogP contribution in [0.1, 0.15) is 40.5 Å². The van der Waals surface area contributed by atoms with Gasteiger partial charge >= 0.3 is 7.12 Å². The van der Waals surface area contributed by atoms with Crippen LogP contribution >= 0.6 is 0 Å². The van der Waals surface area contributed by atoms with Crippen molar-refractivity contribution in [2.24, 2.45) is 0 Å². The molecular weight excluding hydrogens is 375 g/mol. The number of amides is 1. The molecule has 10 heteroatoms. The molecule has 1 amide bonds. The first-order valence-electron chi connectivity index (χ1n) is 10.0. The van der Waals surface area contributed by atoms with E-state index in [1.165, 1.54) is 0 Å². The van der Waals surface area contributed by atoms with E-state index >= 15 is 0 Å². The molecule has 0 unspecified atom stereocenters. The third-order valence-electron chi connectivity index (χ3n) is 6.13. The second kappa shape index (κ2) is 8.18. The van der Waals surface area contributed by atoms with Crippen LogP contribution in [-0.2, 0) is 14.1 Å². The maximum Gasteiger partial charge on any atom is 0.498 e. The molecule has 160 valence electrons. The van der Waals surface area contributed by atoms with Gasteiger partial charge in [0.2, 0.25) is 5.95 Å². The molecule has 2 fully saturated rings. The predicted molar refractivity (Wildman–Crippen MR) is 109 cm³/mol. The van der Waals surface area contributed by atoms with Crippen LogP contribution in [0.15, 0.2) is 12.4 Å². The van der Waals surface area contributed by atoms with Crippen molar-refractivity contribution in [2.75, 3.05) is 31.6 Å². The van der Waals surface area contributed by atoms with E-state index in [4.69, 9.17) is 14.4 Å². The maximum atomic E-state index is 12.2. The zero-order chi connectivity index (χ0) is 21.4. The molecule has 3 rings (SSSR count). The lowest BCUT2D eigenvalue weighted by atomic mass is 9.81. The van der Waals surface area contributed by atoms with Crippen molar-refractivity contribution in [3.8, 4) is 0 Å². The molecule has 0 aromatic carbocycles. The predicted octanol–water partition coefficient (Wildman–Crippen LogP) is -0.444. The summed E-state index contributed by atoms with van der Waals surface area (Å²) in [6.07, 6.45) is 3.74. The van der Waals surface area contributed by atoms with E-state index < -0.39 is 36.9 Å². The number of likely N-dealkylation sites (N-methyl/N-ethyl adjacent to an activating group) is 1. The molecule has 2 atom stereocenters. The summed E-state index contributed by atoms with van der Waals surface area (Å²) >= 11 is 0. The fraction of sp³-hybridized carbons (Fsp3) is 0.737. The number of anilines is 1. The lowest BCUT2D eigenvalue weighted by Gasteiger charge is -2.32. The number of likely N-dealkylation sites (tertiary alicyclic amines) is 1. The standard InChI is InChI=1S/C19H31BN4O5/c1-18(2)19(3,4)29-20(28-18)13-9-21-17(22-10-13)23(5)11-14-7-6-8-24(14)16(27)15(26)12-25/h9-10,14-15,25-26H,6-8,11-12H2,1-5H3/t14-,15-/m0/s1. The SMILES string of the molecule is CN(C[C@@H]1CCCN1C(=O)[C@@H](O)CO)c1ncc(B2OC(C)(C)C(C)(C)O2)cn1. The fourth-order valence-electron chi connectivity index (χ4n) is 3.61. The van der Waals surface area contributed by atoms with Crippen LogP contribution in [-0.4, -0.2) is 88.2 Å². The Labute approximate surface area is 172 Å². The highest BCUT2D eigenvalue weighted by Crippen LogP contribution is 2.36. The quantitative estimate of drug-likeness (QED) is 0.612. The zero-order valence-electron chi connectivity index (χ0n) is 17.8. The van der Waals surface area contributed by atoms with Gasteiger partial charge in [-0.25, -0.2) is 9.97 Å². The number of hydrogen-bond donors (Lipinski definition) is 2. The molecule has 0 bridgehead atoms. The number of carbonyl (C=O) groups excluding carboxylic acids is 1. The topological polar surface area (TPSA) is 108 Å². The maximum absolute atomic E-state index is 12.2. The summed E-state index contributed by atoms with van der Waals surface area (Å²) < 4.78 is 12.1. The summed E-state index contributed by atoms with van der Waals surface area (Å²) in [7, 11) is 1.36. The largest absolute Gasteiger partial charge is 0.498 e. The number of aliphatic hydroxyl groups excluding tert-OH is 2. The van der Waals surface area contributed by atoms with Crippen LogP contribution in [0.25, 0.3) is 0 Å². The van der Waals surface area contributed by atoms with Gasteiger partial charge in [-0.2, -0.15) is 0 Å². The molecule has 2 aliphatic rings. The summed E-state index contributed by atoms with van der Waals surface area (Å²) in [5.74, 6) is 0.104. The van der Waals surface area contributed by atoms with E-state index in [1.54, 1.807) is 17.3 Å². The van der Waals surface area contributed by atoms with Crippen molar-refractivity contribution >= 4 is 24.4 Å². The van der Waals surface area contributed by atoms with Crippen molar-refractivity contribution in [3.63, 3.8) is 0 Å². The summed E-state index contributed by atoms with van der Waals surface area (Å²) in [4.78, 5) is 24.6. The summed E-state index contributed by atoms with van der Waals surface area (Å²) in [5, 5.41) is 18.7. The molecule has 29 heavy (non-hydrogen) atoms. The zero-order valence-corrected chi connectivity index (χ0v) is 17.8. The Balaban J connectivity index is 1.64. The highest BCUT2D eigenvalue weighted by atomic mass is 16.7. The van der Waals surface area contributed by atoms with Crippen molar-refractivity contribution in [2.45, 2.75) is 63.9 Å². The highest BCUT2D eigenvalue weighted by Gasteiger charge is 2.52. The minimum atomic E-state index is -1.36. The van der Waals surface area contributed by atoms with Crippen molar-refractivity contribution in [1.29, 1.82) is 0 Å². The molecule has 0 spiro atoms. The van der Waals surface area contributed by atoms with Crippen molar-refractivity contribution in [1.82, 2.24) is 14.9 Å². The van der Waals surface area contributed by atoms with E-state index in [-0.39, 0.29) is 6.04 Å². The monoisotopic (exact) mass is 406 g/mol. The smallest absolute Gasteiger partial charge is 0.399 e. The Morgan fingerprint density at radius 3 is 2.45 bits per heavy atom. The molecule has 1 aromatic heterocycles. The molecular formula is C19H31BN4O5. The van der Waals surface area contributed by atoms with E-state index in [1.807, 2.05) is 39.6 Å². The van der Waals surface area contributed by atoms with Crippen LogP contribution < -0.4 is 10.4 Å². The Kier molecular flexibility index (Phi) is 6.19. The number of hydrogen-bond acceptors (Lipinski definition) is 8. The minimum absolute atomic E-state index is 0.0555. The van der Waals surface area contributed by atoms with Crippen LogP contribution in [0.5, 0.6) is 0 Å². The normalized spacial score (nSPS) is 24.0. The van der Waals surface area contributed by atoms with E-state index in [2.05, 4.69) is 9.97 Å². The number of rotatable bonds is 6. The van der Waals surface area contributed by atoms with Crippen molar-refractivity contribution in [3.05, 3.63) is 12.4 Å². The van der Waals surface area contributed by atoms with Gasteiger partial charge in [-0.3, -0.25) is 4.79 Å². The summed E-state index contributed by atoms with van der Waals surface area (Å²) in [6, 6.07) is -0.0555. The van der Waals surface area contributed by atoms with E-state index in [0.29, 0.717) is 19.0 Å². The average Bonchev–Trinajstić information content (AvgIpc) is 3.21. The van der Waals surface area contributed by atoms with Crippen LogP contribution in [0.4, 0.5) is 5.95 Å². The first-order valence-corrected chi connectivity index (χ1v) is 10.0. The van der Waals surface area contributed by atoms with Gasteiger partial charge in [0, 0.05) is 44.0 Å². The number of aliphatic hydroxyl groups is 2. The van der Waals surface area contributed by atoms with Gasteiger partial charge in [-0.15, -0.1) is 0 Å². The Morgan fingerprint density at radius 1 is 1.31 bits per heavy atom. The van der Waals surface area contributed by atoms with Crippen LogP contribution in [0, 0.1) is 0 Å². The van der Waals surface area contributed by atoms with Gasteiger partial charge in [0.1, 0.15) is 0 Å². The number of nitrogens with zero attached hydrogens (tertiary/aromatic N) is 4. The van der Waals surface area contributed by atoms with Crippen molar-refractivity contribution < 1.29 is 24.3 Å². The third kappa shape index (κ3) is 4.40. The minimum Gasteiger partial charge on any atom is -0.399 e. The van der Waals surface area contributed by atoms with Gasteiger partial charge in [0.05, 0.1) is 17.8 Å². The lowest BCUT2D eigenvalue weighted by Crippen LogP contribution is -2.47. The van der Waals surface area contributed by atoms with Crippen LogP contribution in [0.2, 0.25) is 0 Å². The molecule has 0 saturated carbocycles. The molecule has 2 aliphatic heterocycles. The molecule has 3 heterocycles. The molecule has 9 nitrogen and oxygen atoms in total. The first-order chi connectivity index (χ1) is 13.6. The highest BCUT2D eigenvalue weighted by molar-refractivity contribution is 6.61.